The molecule has 0 bridgehead atoms. The molecule has 1 saturated carbocycles. The predicted molar refractivity (Wildman–Crippen MR) is 86.0 cm³/mol. The maximum Gasteiger partial charge on any atom is 0.410 e. The van der Waals surface area contributed by atoms with Crippen LogP contribution in [0.3, 0.4) is 0 Å². The van der Waals surface area contributed by atoms with Gasteiger partial charge >= 0.3 is 12.1 Å². The second-order valence-corrected chi connectivity index (χ2v) is 6.14. The number of nitrogens with zero attached hydrogens (tertiary/aromatic N) is 3. The van der Waals surface area contributed by atoms with Gasteiger partial charge in [-0.15, -0.1) is 0 Å². The maximum atomic E-state index is 12.3. The summed E-state index contributed by atoms with van der Waals surface area (Å²) in [5.41, 5.74) is 0.973. The standard InChI is InChI=1S/C17H23N3O3/c1-18(15-7-8-15)16(21)19-9-11-20(12-10-19)17(22)23-13-14-5-3-2-4-6-14/h2-6,15H,7-13H2,1H3. The number of rotatable bonds is 3. The molecule has 2 fully saturated rings. The van der Waals surface area contributed by atoms with E-state index in [1.54, 1.807) is 4.90 Å². The third kappa shape index (κ3) is 3.94. The predicted octanol–water partition coefficient (Wildman–Crippen LogP) is 2.16. The van der Waals surface area contributed by atoms with E-state index in [1.165, 1.54) is 0 Å². The van der Waals surface area contributed by atoms with Crippen molar-refractivity contribution < 1.29 is 14.3 Å². The molecule has 6 heteroatoms. The van der Waals surface area contributed by atoms with Crippen molar-refractivity contribution in [2.24, 2.45) is 0 Å². The van der Waals surface area contributed by atoms with Gasteiger partial charge in [0.2, 0.25) is 0 Å². The fourth-order valence-corrected chi connectivity index (χ4v) is 2.73. The Morgan fingerprint density at radius 2 is 1.70 bits per heavy atom. The van der Waals surface area contributed by atoms with Crippen LogP contribution in [0.2, 0.25) is 0 Å². The van der Waals surface area contributed by atoms with E-state index in [4.69, 9.17) is 4.74 Å². The van der Waals surface area contributed by atoms with Gasteiger partial charge in [0.15, 0.2) is 0 Å². The van der Waals surface area contributed by atoms with Crippen LogP contribution in [-0.4, -0.2) is 66.1 Å². The molecule has 2 aliphatic rings. The molecule has 124 valence electrons. The Bertz CT molecular complexity index is 551. The van der Waals surface area contributed by atoms with Gasteiger partial charge in [-0.05, 0) is 18.4 Å². The van der Waals surface area contributed by atoms with Crippen LogP contribution in [0.4, 0.5) is 9.59 Å². The molecule has 0 atom stereocenters. The fourth-order valence-electron chi connectivity index (χ4n) is 2.73. The van der Waals surface area contributed by atoms with Gasteiger partial charge < -0.3 is 19.4 Å². The second kappa shape index (κ2) is 6.89. The first-order chi connectivity index (χ1) is 11.1. The number of piperazine rings is 1. The molecule has 1 aromatic carbocycles. The Morgan fingerprint density at radius 3 is 2.30 bits per heavy atom. The smallest absolute Gasteiger partial charge is 0.410 e. The zero-order valence-electron chi connectivity index (χ0n) is 13.5. The number of benzene rings is 1. The van der Waals surface area contributed by atoms with Crippen molar-refractivity contribution in [3.05, 3.63) is 35.9 Å². The summed E-state index contributed by atoms with van der Waals surface area (Å²) in [5, 5.41) is 0. The molecule has 1 saturated heterocycles. The Kier molecular flexibility index (Phi) is 4.69. The van der Waals surface area contributed by atoms with Crippen molar-refractivity contribution in [2.75, 3.05) is 33.2 Å². The lowest BCUT2D eigenvalue weighted by molar-refractivity contribution is 0.0724. The number of carbonyl (C=O) groups is 2. The van der Waals surface area contributed by atoms with Gasteiger partial charge in [-0.1, -0.05) is 30.3 Å². The normalized spacial score (nSPS) is 17.8. The molecule has 0 spiro atoms. The van der Waals surface area contributed by atoms with Gasteiger partial charge in [0.25, 0.3) is 0 Å². The number of hydrogen-bond acceptors (Lipinski definition) is 3. The molecule has 1 heterocycles. The summed E-state index contributed by atoms with van der Waals surface area (Å²) >= 11 is 0. The lowest BCUT2D eigenvalue weighted by atomic mass is 10.2. The van der Waals surface area contributed by atoms with E-state index >= 15 is 0 Å². The third-order valence-corrected chi connectivity index (χ3v) is 4.41. The molecule has 1 aliphatic heterocycles. The zero-order valence-corrected chi connectivity index (χ0v) is 13.5. The van der Waals surface area contributed by atoms with Crippen LogP contribution in [0.5, 0.6) is 0 Å². The molecule has 3 rings (SSSR count). The highest BCUT2D eigenvalue weighted by atomic mass is 16.6. The molecule has 6 nitrogen and oxygen atoms in total. The highest BCUT2D eigenvalue weighted by Gasteiger charge is 2.33. The summed E-state index contributed by atoms with van der Waals surface area (Å²) in [6.45, 7) is 2.46. The van der Waals surface area contributed by atoms with Crippen molar-refractivity contribution in [1.82, 2.24) is 14.7 Å². The van der Waals surface area contributed by atoms with E-state index < -0.39 is 0 Å². The molecule has 0 unspecified atom stereocenters. The summed E-state index contributed by atoms with van der Waals surface area (Å²) < 4.78 is 5.33. The van der Waals surface area contributed by atoms with Gasteiger partial charge in [-0.2, -0.15) is 0 Å². The third-order valence-electron chi connectivity index (χ3n) is 4.41. The van der Waals surface area contributed by atoms with Gasteiger partial charge in [-0.25, -0.2) is 9.59 Å². The monoisotopic (exact) mass is 317 g/mol. The van der Waals surface area contributed by atoms with Gasteiger partial charge in [0.05, 0.1) is 0 Å². The molecule has 3 amide bonds. The van der Waals surface area contributed by atoms with Crippen LogP contribution in [0.25, 0.3) is 0 Å². The van der Waals surface area contributed by atoms with Crippen LogP contribution in [-0.2, 0) is 11.3 Å². The van der Waals surface area contributed by atoms with Gasteiger partial charge in [-0.3, -0.25) is 0 Å². The van der Waals surface area contributed by atoms with Crippen LogP contribution >= 0.6 is 0 Å². The SMILES string of the molecule is CN(C(=O)N1CCN(C(=O)OCc2ccccc2)CC1)C1CC1. The highest BCUT2D eigenvalue weighted by Crippen LogP contribution is 2.26. The fraction of sp³-hybridized carbons (Fsp3) is 0.529. The van der Waals surface area contributed by atoms with Crippen molar-refractivity contribution >= 4 is 12.1 Å². The average Bonchev–Trinajstić information content (AvgIpc) is 3.44. The molecular weight excluding hydrogens is 294 g/mol. The first kappa shape index (κ1) is 15.6. The summed E-state index contributed by atoms with van der Waals surface area (Å²) in [7, 11) is 1.86. The molecule has 23 heavy (non-hydrogen) atoms. The van der Waals surface area contributed by atoms with Crippen molar-refractivity contribution in [1.29, 1.82) is 0 Å². The Hall–Kier alpha value is -2.24. The molecular formula is C17H23N3O3. The van der Waals surface area contributed by atoms with E-state index in [0.717, 1.165) is 18.4 Å². The minimum Gasteiger partial charge on any atom is -0.445 e. The van der Waals surface area contributed by atoms with Crippen molar-refractivity contribution in [3.63, 3.8) is 0 Å². The van der Waals surface area contributed by atoms with Crippen LogP contribution in [0, 0.1) is 0 Å². The number of ether oxygens (including phenoxy) is 1. The molecule has 1 aromatic rings. The van der Waals surface area contributed by atoms with E-state index in [-0.39, 0.29) is 18.7 Å². The number of hydrogen-bond donors (Lipinski definition) is 0. The van der Waals surface area contributed by atoms with Gasteiger partial charge in [0, 0.05) is 39.3 Å². The van der Waals surface area contributed by atoms with Crippen LogP contribution in [0.1, 0.15) is 18.4 Å². The Balaban J connectivity index is 1.43. The summed E-state index contributed by atoms with van der Waals surface area (Å²) in [6, 6.07) is 10.1. The first-order valence-corrected chi connectivity index (χ1v) is 8.12. The van der Waals surface area contributed by atoms with Crippen LogP contribution < -0.4 is 0 Å². The summed E-state index contributed by atoms with van der Waals surface area (Å²) in [4.78, 5) is 29.7. The van der Waals surface area contributed by atoms with E-state index in [2.05, 4.69) is 0 Å². The topological polar surface area (TPSA) is 53.1 Å². The molecule has 0 N–H and O–H groups in total. The minimum absolute atomic E-state index is 0.0739. The lowest BCUT2D eigenvalue weighted by Crippen LogP contribution is -2.53. The second-order valence-electron chi connectivity index (χ2n) is 6.14. The molecule has 1 aliphatic carbocycles. The maximum absolute atomic E-state index is 12.3. The summed E-state index contributed by atoms with van der Waals surface area (Å²) in [6.07, 6.45) is 1.90. The quantitative estimate of drug-likeness (QED) is 0.858. The minimum atomic E-state index is -0.309. The van der Waals surface area contributed by atoms with Gasteiger partial charge in [0.1, 0.15) is 6.61 Å². The molecule has 0 aromatic heterocycles. The zero-order chi connectivity index (χ0) is 16.2. The van der Waals surface area contributed by atoms with E-state index in [0.29, 0.717) is 32.2 Å². The van der Waals surface area contributed by atoms with E-state index in [1.807, 2.05) is 47.2 Å². The Morgan fingerprint density at radius 1 is 1.09 bits per heavy atom. The first-order valence-electron chi connectivity index (χ1n) is 8.12. The molecule has 0 radical (unpaired) electrons. The highest BCUT2D eigenvalue weighted by molar-refractivity contribution is 5.75. The number of carbonyl (C=O) groups excluding carboxylic acids is 2. The van der Waals surface area contributed by atoms with Crippen molar-refractivity contribution in [3.8, 4) is 0 Å². The lowest BCUT2D eigenvalue weighted by Gasteiger charge is -2.36. The van der Waals surface area contributed by atoms with Crippen LogP contribution in [0.15, 0.2) is 30.3 Å². The largest absolute Gasteiger partial charge is 0.445 e. The van der Waals surface area contributed by atoms with Crippen molar-refractivity contribution in [2.45, 2.75) is 25.5 Å². The van der Waals surface area contributed by atoms with E-state index in [9.17, 15) is 9.59 Å². The number of amides is 3. The Labute approximate surface area is 136 Å². The average molecular weight is 317 g/mol. The number of urea groups is 1. The summed E-state index contributed by atoms with van der Waals surface area (Å²) in [5.74, 6) is 0.